The largest absolute Gasteiger partial charge is 0.388 e. The highest BCUT2D eigenvalue weighted by Crippen LogP contribution is 2.15. The van der Waals surface area contributed by atoms with Crippen molar-refractivity contribution in [3.05, 3.63) is 23.8 Å². The van der Waals surface area contributed by atoms with Crippen LogP contribution in [-0.2, 0) is 9.59 Å². The molecule has 0 unspecified atom stereocenters. The number of benzene rings is 1. The molecule has 0 aromatic heterocycles. The summed E-state index contributed by atoms with van der Waals surface area (Å²) >= 11 is 0. The first-order valence-electron chi connectivity index (χ1n) is 6.12. The van der Waals surface area contributed by atoms with Crippen molar-refractivity contribution >= 4 is 37.1 Å². The summed E-state index contributed by atoms with van der Waals surface area (Å²) in [5.74, 6) is -0.163. The molecule has 6 nitrogen and oxygen atoms in total. The maximum Gasteiger partial charge on any atom is 0.221 e. The minimum absolute atomic E-state index is 0.0215. The highest BCUT2D eigenvalue weighted by molar-refractivity contribution is 6.33. The fourth-order valence-electron chi connectivity index (χ4n) is 1.69. The number of anilines is 1. The van der Waals surface area contributed by atoms with E-state index in [0.29, 0.717) is 23.1 Å². The van der Waals surface area contributed by atoms with Gasteiger partial charge in [0.2, 0.25) is 12.3 Å². The van der Waals surface area contributed by atoms with Crippen LogP contribution in [0.25, 0.3) is 0 Å². The van der Waals surface area contributed by atoms with Gasteiger partial charge in [-0.2, -0.15) is 0 Å². The molecule has 0 heterocycles. The molecule has 0 aliphatic carbocycles. The van der Waals surface area contributed by atoms with Crippen molar-refractivity contribution in [2.45, 2.75) is 6.42 Å². The summed E-state index contributed by atoms with van der Waals surface area (Å²) < 4.78 is 0. The van der Waals surface area contributed by atoms with Gasteiger partial charge in [-0.15, -0.1) is 0 Å². The smallest absolute Gasteiger partial charge is 0.221 e. The molecule has 0 saturated carbocycles. The zero-order valence-corrected chi connectivity index (χ0v) is 11.6. The first kappa shape index (κ1) is 15.8. The Morgan fingerprint density at radius 2 is 2.15 bits per heavy atom. The zero-order valence-electron chi connectivity index (χ0n) is 11.6. The number of carbonyl (C=O) groups excluding carboxylic acids is 2. The van der Waals surface area contributed by atoms with Crippen LogP contribution in [0.5, 0.6) is 0 Å². The van der Waals surface area contributed by atoms with Gasteiger partial charge in [-0.25, -0.2) is 0 Å². The molecule has 2 amide bonds. The van der Waals surface area contributed by atoms with Gasteiger partial charge in [0.15, 0.2) is 0 Å². The number of amidine groups is 1. The summed E-state index contributed by atoms with van der Waals surface area (Å²) in [6, 6.07) is 5.01. The SMILES string of the molecule is [B]c1ccc(C(=N)N(C=O)CCC(=O)NC)c(NC)c1. The van der Waals surface area contributed by atoms with Gasteiger partial charge in [-0.05, 0) is 12.1 Å². The Labute approximate surface area is 119 Å². The van der Waals surface area contributed by atoms with E-state index >= 15 is 0 Å². The lowest BCUT2D eigenvalue weighted by Gasteiger charge is -2.20. The van der Waals surface area contributed by atoms with Gasteiger partial charge < -0.3 is 10.6 Å². The van der Waals surface area contributed by atoms with E-state index in [-0.39, 0.29) is 24.7 Å². The third-order valence-corrected chi connectivity index (χ3v) is 2.84. The summed E-state index contributed by atoms with van der Waals surface area (Å²) in [6.07, 6.45) is 0.683. The van der Waals surface area contributed by atoms with Gasteiger partial charge in [-0.1, -0.05) is 11.5 Å². The fraction of sp³-hybridized carbons (Fsp3) is 0.308. The number of amides is 2. The fourth-order valence-corrected chi connectivity index (χ4v) is 1.69. The lowest BCUT2D eigenvalue weighted by Crippen LogP contribution is -2.34. The van der Waals surface area contributed by atoms with Gasteiger partial charge in [0.1, 0.15) is 13.7 Å². The molecule has 0 fully saturated rings. The van der Waals surface area contributed by atoms with Crippen molar-refractivity contribution in [1.29, 1.82) is 5.41 Å². The molecule has 1 rings (SSSR count). The lowest BCUT2D eigenvalue weighted by atomic mass is 9.93. The van der Waals surface area contributed by atoms with Gasteiger partial charge in [-0.3, -0.25) is 19.9 Å². The van der Waals surface area contributed by atoms with Crippen LogP contribution >= 0.6 is 0 Å². The number of hydrogen-bond acceptors (Lipinski definition) is 4. The van der Waals surface area contributed by atoms with E-state index in [2.05, 4.69) is 10.6 Å². The van der Waals surface area contributed by atoms with E-state index in [4.69, 9.17) is 13.3 Å². The summed E-state index contributed by atoms with van der Waals surface area (Å²) in [6.45, 7) is 0.148. The molecule has 3 N–H and O–H groups in total. The second-order valence-corrected chi connectivity index (χ2v) is 4.13. The Balaban J connectivity index is 2.91. The van der Waals surface area contributed by atoms with Gasteiger partial charge >= 0.3 is 0 Å². The number of carbonyl (C=O) groups is 2. The predicted molar refractivity (Wildman–Crippen MR) is 79.7 cm³/mol. The first-order chi connectivity index (χ1) is 9.53. The van der Waals surface area contributed by atoms with Gasteiger partial charge in [0.05, 0.1) is 0 Å². The summed E-state index contributed by atoms with van der Waals surface area (Å²) in [5.41, 5.74) is 1.77. The van der Waals surface area contributed by atoms with E-state index in [0.717, 1.165) is 0 Å². The van der Waals surface area contributed by atoms with Crippen LogP contribution in [-0.4, -0.2) is 51.5 Å². The normalized spacial score (nSPS) is 9.70. The van der Waals surface area contributed by atoms with Crippen molar-refractivity contribution in [1.82, 2.24) is 10.2 Å². The number of nitrogens with zero attached hydrogens (tertiary/aromatic N) is 1. The second-order valence-electron chi connectivity index (χ2n) is 4.13. The van der Waals surface area contributed by atoms with Crippen LogP contribution in [0.1, 0.15) is 12.0 Å². The van der Waals surface area contributed by atoms with E-state index < -0.39 is 0 Å². The Hall–Kier alpha value is -2.31. The minimum atomic E-state index is -0.184. The Morgan fingerprint density at radius 3 is 2.70 bits per heavy atom. The Bertz CT molecular complexity index is 519. The van der Waals surface area contributed by atoms with Crippen LogP contribution in [0, 0.1) is 5.41 Å². The molecule has 1 aromatic rings. The van der Waals surface area contributed by atoms with Crippen LogP contribution < -0.4 is 16.1 Å². The molecule has 0 atom stereocenters. The standard InChI is InChI=1S/C13H17BN4O2/c1-16-11-7-9(14)3-4-10(11)13(15)18(8-19)6-5-12(20)17-2/h3-4,7-8,15-16H,5-6H2,1-2H3,(H,17,20). The molecule has 0 spiro atoms. The molecule has 0 aliphatic heterocycles. The van der Waals surface area contributed by atoms with E-state index in [1.54, 1.807) is 25.2 Å². The maximum atomic E-state index is 11.2. The van der Waals surface area contributed by atoms with Crippen LogP contribution in [0.3, 0.4) is 0 Å². The highest BCUT2D eigenvalue weighted by Gasteiger charge is 2.15. The van der Waals surface area contributed by atoms with E-state index in [1.807, 2.05) is 0 Å². The monoisotopic (exact) mass is 272 g/mol. The van der Waals surface area contributed by atoms with Gasteiger partial charge in [0.25, 0.3) is 0 Å². The van der Waals surface area contributed by atoms with E-state index in [9.17, 15) is 9.59 Å². The van der Waals surface area contributed by atoms with Crippen molar-refractivity contribution in [3.63, 3.8) is 0 Å². The number of nitrogens with one attached hydrogen (secondary N) is 3. The molecule has 0 aliphatic rings. The Morgan fingerprint density at radius 1 is 1.45 bits per heavy atom. The van der Waals surface area contributed by atoms with Crippen LogP contribution in [0.15, 0.2) is 18.2 Å². The second kappa shape index (κ2) is 7.32. The summed E-state index contributed by atoms with van der Waals surface area (Å²) in [4.78, 5) is 23.5. The Kier molecular flexibility index (Phi) is 5.77. The molecular formula is C13H17BN4O2. The molecule has 104 valence electrons. The number of hydrogen-bond donors (Lipinski definition) is 3. The third kappa shape index (κ3) is 3.84. The quantitative estimate of drug-likeness (QED) is 0.281. The minimum Gasteiger partial charge on any atom is -0.388 e. The molecular weight excluding hydrogens is 255 g/mol. The molecule has 1 aromatic carbocycles. The van der Waals surface area contributed by atoms with Crippen LogP contribution in [0.2, 0.25) is 0 Å². The zero-order chi connectivity index (χ0) is 15.1. The van der Waals surface area contributed by atoms with Crippen molar-refractivity contribution in [2.24, 2.45) is 0 Å². The van der Waals surface area contributed by atoms with Crippen molar-refractivity contribution in [3.8, 4) is 0 Å². The van der Waals surface area contributed by atoms with Gasteiger partial charge in [0, 0.05) is 38.3 Å². The number of rotatable bonds is 6. The highest BCUT2D eigenvalue weighted by atomic mass is 16.2. The molecule has 0 bridgehead atoms. The maximum absolute atomic E-state index is 11.2. The third-order valence-electron chi connectivity index (χ3n) is 2.84. The van der Waals surface area contributed by atoms with Crippen molar-refractivity contribution < 1.29 is 9.59 Å². The lowest BCUT2D eigenvalue weighted by molar-refractivity contribution is -0.121. The average molecular weight is 272 g/mol. The van der Waals surface area contributed by atoms with E-state index in [1.165, 1.54) is 11.9 Å². The molecule has 2 radical (unpaired) electrons. The average Bonchev–Trinajstić information content (AvgIpc) is 2.46. The molecule has 7 heteroatoms. The summed E-state index contributed by atoms with van der Waals surface area (Å²) in [7, 11) is 8.92. The predicted octanol–water partition coefficient (Wildman–Crippen LogP) is -0.558. The van der Waals surface area contributed by atoms with Crippen molar-refractivity contribution in [2.75, 3.05) is 26.0 Å². The molecule has 20 heavy (non-hydrogen) atoms. The topological polar surface area (TPSA) is 85.3 Å². The summed E-state index contributed by atoms with van der Waals surface area (Å²) in [5, 5.41) is 13.5. The molecule has 0 saturated heterocycles. The first-order valence-corrected chi connectivity index (χ1v) is 6.12. The van der Waals surface area contributed by atoms with Crippen LogP contribution in [0.4, 0.5) is 5.69 Å².